The molecule has 3 aromatic rings. The molecule has 0 aliphatic heterocycles. The third-order valence-electron chi connectivity index (χ3n) is 4.83. The van der Waals surface area contributed by atoms with Crippen LogP contribution in [0.3, 0.4) is 0 Å². The van der Waals surface area contributed by atoms with Crippen LogP contribution < -0.4 is 4.90 Å². The van der Waals surface area contributed by atoms with Gasteiger partial charge in [-0.1, -0.05) is 30.0 Å². The minimum atomic E-state index is -0.211. The quantitative estimate of drug-likeness (QED) is 0.483. The Morgan fingerprint density at radius 1 is 1.19 bits per heavy atom. The average molecular weight is 384 g/mol. The van der Waals surface area contributed by atoms with E-state index in [9.17, 15) is 4.79 Å². The van der Waals surface area contributed by atoms with Gasteiger partial charge in [0.2, 0.25) is 5.91 Å². The molecule has 1 aliphatic carbocycles. The van der Waals surface area contributed by atoms with Crippen molar-refractivity contribution in [2.24, 2.45) is 0 Å². The lowest BCUT2D eigenvalue weighted by atomic mass is 9.97. The molecule has 4 rings (SSSR count). The topological polar surface area (TPSA) is 46.1 Å². The molecular formula is C20H21N3OS2. The molecule has 0 saturated heterocycles. The van der Waals surface area contributed by atoms with Crippen LogP contribution in [0.5, 0.6) is 0 Å². The molecule has 0 fully saturated rings. The van der Waals surface area contributed by atoms with E-state index in [1.807, 2.05) is 44.3 Å². The number of carbonyl (C=O) groups is 1. The Labute approximate surface area is 161 Å². The van der Waals surface area contributed by atoms with Gasteiger partial charge in [0.05, 0.1) is 5.25 Å². The van der Waals surface area contributed by atoms with Gasteiger partial charge in [-0.15, -0.1) is 11.3 Å². The number of para-hydroxylation sites is 1. The Bertz CT molecular complexity index is 939. The normalized spacial score (nSPS) is 14.8. The van der Waals surface area contributed by atoms with Gasteiger partial charge in [0.25, 0.3) is 0 Å². The Balaban J connectivity index is 1.61. The second-order valence-electron chi connectivity index (χ2n) is 6.56. The summed E-state index contributed by atoms with van der Waals surface area (Å²) in [4.78, 5) is 26.1. The van der Waals surface area contributed by atoms with Crippen molar-refractivity contribution in [2.75, 3.05) is 11.9 Å². The van der Waals surface area contributed by atoms with E-state index in [0.29, 0.717) is 0 Å². The number of benzene rings is 1. The molecule has 1 atom stereocenters. The molecule has 6 heteroatoms. The Hall–Kier alpha value is -1.92. The first-order valence-electron chi connectivity index (χ1n) is 8.89. The van der Waals surface area contributed by atoms with E-state index in [-0.39, 0.29) is 11.2 Å². The van der Waals surface area contributed by atoms with Gasteiger partial charge in [-0.25, -0.2) is 9.97 Å². The van der Waals surface area contributed by atoms with E-state index in [1.54, 1.807) is 34.3 Å². The zero-order chi connectivity index (χ0) is 18.1. The fourth-order valence-electron chi connectivity index (χ4n) is 3.42. The molecule has 134 valence electrons. The number of fused-ring (bicyclic) bond motifs is 3. The van der Waals surface area contributed by atoms with Crippen molar-refractivity contribution in [3.63, 3.8) is 0 Å². The number of thioether (sulfide) groups is 1. The lowest BCUT2D eigenvalue weighted by Crippen LogP contribution is -2.33. The highest BCUT2D eigenvalue weighted by Gasteiger charge is 2.24. The van der Waals surface area contributed by atoms with Crippen molar-refractivity contribution in [1.82, 2.24) is 9.97 Å². The van der Waals surface area contributed by atoms with Crippen LogP contribution in [0, 0.1) is 0 Å². The highest BCUT2D eigenvalue weighted by atomic mass is 32.2. The van der Waals surface area contributed by atoms with Crippen LogP contribution in [-0.2, 0) is 17.6 Å². The fourth-order valence-corrected chi connectivity index (χ4v) is 5.75. The number of rotatable bonds is 4. The first-order valence-corrected chi connectivity index (χ1v) is 10.6. The van der Waals surface area contributed by atoms with Crippen LogP contribution in [0.2, 0.25) is 0 Å². The van der Waals surface area contributed by atoms with Crippen LogP contribution in [0.1, 0.15) is 30.2 Å². The Morgan fingerprint density at radius 2 is 1.96 bits per heavy atom. The number of amides is 1. The van der Waals surface area contributed by atoms with Crippen molar-refractivity contribution >= 4 is 44.9 Å². The van der Waals surface area contributed by atoms with Crippen molar-refractivity contribution in [1.29, 1.82) is 0 Å². The van der Waals surface area contributed by atoms with Crippen LogP contribution in [-0.4, -0.2) is 28.2 Å². The smallest absolute Gasteiger partial charge is 0.239 e. The molecule has 0 N–H and O–H groups in total. The number of hydrogen-bond acceptors (Lipinski definition) is 5. The van der Waals surface area contributed by atoms with Gasteiger partial charge >= 0.3 is 0 Å². The molecule has 0 radical (unpaired) electrons. The molecule has 0 bridgehead atoms. The van der Waals surface area contributed by atoms with Gasteiger partial charge < -0.3 is 4.90 Å². The van der Waals surface area contributed by atoms with Crippen LogP contribution in [0.4, 0.5) is 5.69 Å². The predicted molar refractivity (Wildman–Crippen MR) is 109 cm³/mol. The number of anilines is 1. The molecule has 26 heavy (non-hydrogen) atoms. The summed E-state index contributed by atoms with van der Waals surface area (Å²) < 4.78 is 0. The average Bonchev–Trinajstić information content (AvgIpc) is 3.07. The minimum Gasteiger partial charge on any atom is -0.315 e. The first-order chi connectivity index (χ1) is 12.6. The van der Waals surface area contributed by atoms with E-state index < -0.39 is 0 Å². The molecule has 4 nitrogen and oxygen atoms in total. The summed E-state index contributed by atoms with van der Waals surface area (Å²) in [6, 6.07) is 9.75. The van der Waals surface area contributed by atoms with Gasteiger partial charge in [-0.05, 0) is 50.3 Å². The zero-order valence-electron chi connectivity index (χ0n) is 14.9. The van der Waals surface area contributed by atoms with Gasteiger partial charge in [0, 0.05) is 23.0 Å². The number of aryl methyl sites for hydroxylation is 2. The number of thiophene rings is 1. The molecule has 2 aromatic heterocycles. The third-order valence-corrected chi connectivity index (χ3v) is 7.11. The zero-order valence-corrected chi connectivity index (χ0v) is 16.6. The van der Waals surface area contributed by atoms with Crippen molar-refractivity contribution < 1.29 is 4.79 Å². The van der Waals surface area contributed by atoms with Gasteiger partial charge in [-0.3, -0.25) is 4.79 Å². The fraction of sp³-hybridized carbons (Fsp3) is 0.350. The summed E-state index contributed by atoms with van der Waals surface area (Å²) >= 11 is 3.34. The summed E-state index contributed by atoms with van der Waals surface area (Å²) in [6.07, 6.45) is 6.36. The minimum absolute atomic E-state index is 0.0806. The van der Waals surface area contributed by atoms with E-state index >= 15 is 0 Å². The maximum atomic E-state index is 12.9. The highest BCUT2D eigenvalue weighted by Crippen LogP contribution is 2.40. The molecule has 2 heterocycles. The number of carbonyl (C=O) groups excluding carboxylic acids is 1. The van der Waals surface area contributed by atoms with Crippen LogP contribution >= 0.6 is 23.1 Å². The molecule has 0 spiro atoms. The SMILES string of the molecule is C[C@H](Sc1ncnc2sc3c(c12)CCCC3)C(=O)N(C)c1ccccc1. The van der Waals surface area contributed by atoms with Crippen molar-refractivity contribution in [3.8, 4) is 0 Å². The highest BCUT2D eigenvalue weighted by molar-refractivity contribution is 8.00. The van der Waals surface area contributed by atoms with E-state index in [0.717, 1.165) is 28.4 Å². The largest absolute Gasteiger partial charge is 0.315 e. The molecule has 1 amide bonds. The number of nitrogens with zero attached hydrogens (tertiary/aromatic N) is 3. The second kappa shape index (κ2) is 7.37. The first kappa shape index (κ1) is 17.5. The standard InChI is InChI=1S/C20H21N3OS2/c1-13(20(24)23(2)14-8-4-3-5-9-14)25-18-17-15-10-6-7-11-16(15)26-19(17)22-12-21-18/h3-5,8-9,12-13H,6-7,10-11H2,1-2H3/t13-/m0/s1. The van der Waals surface area contributed by atoms with E-state index in [1.165, 1.54) is 28.7 Å². The summed E-state index contributed by atoms with van der Waals surface area (Å²) in [6.45, 7) is 1.96. The lowest BCUT2D eigenvalue weighted by Gasteiger charge is -2.21. The molecule has 1 aliphatic rings. The monoisotopic (exact) mass is 383 g/mol. The van der Waals surface area contributed by atoms with Crippen molar-refractivity contribution in [3.05, 3.63) is 47.1 Å². The Morgan fingerprint density at radius 3 is 2.77 bits per heavy atom. The molecule has 0 saturated carbocycles. The van der Waals surface area contributed by atoms with Gasteiger partial charge in [-0.2, -0.15) is 0 Å². The van der Waals surface area contributed by atoms with Gasteiger partial charge in [0.15, 0.2) is 0 Å². The Kier molecular flexibility index (Phi) is 4.96. The summed E-state index contributed by atoms with van der Waals surface area (Å²) in [5.41, 5.74) is 2.32. The lowest BCUT2D eigenvalue weighted by molar-refractivity contribution is -0.117. The second-order valence-corrected chi connectivity index (χ2v) is 8.98. The summed E-state index contributed by atoms with van der Waals surface area (Å²) in [7, 11) is 1.83. The molecule has 1 aromatic carbocycles. The molecule has 0 unspecified atom stereocenters. The summed E-state index contributed by atoms with van der Waals surface area (Å²) in [5.74, 6) is 0.0806. The van der Waals surface area contributed by atoms with Crippen molar-refractivity contribution in [2.45, 2.75) is 42.9 Å². The van der Waals surface area contributed by atoms with E-state index in [2.05, 4.69) is 9.97 Å². The maximum Gasteiger partial charge on any atom is 0.239 e. The predicted octanol–water partition coefficient (Wildman–Crippen LogP) is 4.71. The van der Waals surface area contributed by atoms with Gasteiger partial charge in [0.1, 0.15) is 16.2 Å². The van der Waals surface area contributed by atoms with Crippen LogP contribution in [0.15, 0.2) is 41.7 Å². The summed E-state index contributed by atoms with van der Waals surface area (Å²) in [5, 5.41) is 1.91. The van der Waals surface area contributed by atoms with E-state index in [4.69, 9.17) is 0 Å². The maximum absolute atomic E-state index is 12.9. The van der Waals surface area contributed by atoms with Crippen LogP contribution in [0.25, 0.3) is 10.2 Å². The number of hydrogen-bond donors (Lipinski definition) is 0. The molecular weight excluding hydrogens is 362 g/mol. The third kappa shape index (κ3) is 3.23. The number of aromatic nitrogens is 2.